The third-order valence-electron chi connectivity index (χ3n) is 5.76. The van der Waals surface area contributed by atoms with Crippen LogP contribution in [0, 0.1) is 5.82 Å². The molecular weight excluding hydrogens is 409 g/mol. The van der Waals surface area contributed by atoms with Gasteiger partial charge in [0.05, 0.1) is 5.69 Å². The Balaban J connectivity index is 1.45. The van der Waals surface area contributed by atoms with Crippen molar-refractivity contribution in [2.75, 3.05) is 0 Å². The van der Waals surface area contributed by atoms with Gasteiger partial charge in [0.1, 0.15) is 17.0 Å². The van der Waals surface area contributed by atoms with Crippen LogP contribution >= 0.6 is 0 Å². The Bertz CT molecular complexity index is 1670. The van der Waals surface area contributed by atoms with Crippen molar-refractivity contribution in [1.82, 2.24) is 4.98 Å². The van der Waals surface area contributed by atoms with Crippen LogP contribution < -0.4 is 0 Å². The molecule has 158 valence electrons. The second-order valence-corrected chi connectivity index (χ2v) is 7.95. The van der Waals surface area contributed by atoms with Crippen LogP contribution in [-0.2, 0) is 6.37 Å². The Kier molecular flexibility index (Phi) is 4.22. The van der Waals surface area contributed by atoms with Crippen LogP contribution in [-0.4, -0.2) is 4.98 Å². The fraction of sp³-hybridized carbons (Fsp3) is 0.0333. The van der Waals surface area contributed by atoms with Crippen LogP contribution in [0.25, 0.3) is 44.3 Å². The summed E-state index contributed by atoms with van der Waals surface area (Å²) in [7, 11) is 0. The smallest absolute Gasteiger partial charge is 0.135 e. The van der Waals surface area contributed by atoms with E-state index in [-0.39, 0.29) is 5.82 Å². The quantitative estimate of drug-likeness (QED) is 0.282. The maximum absolute atomic E-state index is 13.3. The van der Waals surface area contributed by atoms with Gasteiger partial charge in [-0.2, -0.15) is 0 Å². The lowest BCUT2D eigenvalue weighted by Crippen LogP contribution is -1.87. The summed E-state index contributed by atoms with van der Waals surface area (Å²) in [6.07, 6.45) is 0.111. The summed E-state index contributed by atoms with van der Waals surface area (Å²) in [5.41, 5.74) is 6.19. The van der Waals surface area contributed by atoms with Gasteiger partial charge in [0, 0.05) is 25.3 Å². The molecule has 2 aromatic heterocycles. The minimum Gasteiger partial charge on any atom is -0.456 e. The molecule has 2 nitrogen and oxygen atoms in total. The fourth-order valence-corrected chi connectivity index (χ4v) is 4.11. The molecule has 0 aliphatic carbocycles. The third-order valence-corrected chi connectivity index (χ3v) is 5.76. The van der Waals surface area contributed by atoms with E-state index >= 15 is 0 Å². The van der Waals surface area contributed by atoms with Gasteiger partial charge in [0.15, 0.2) is 0 Å². The Morgan fingerprint density at radius 3 is 2.21 bits per heavy atom. The Labute approximate surface area is 193 Å². The lowest BCUT2D eigenvalue weighted by molar-refractivity contribution is 0.628. The summed E-state index contributed by atoms with van der Waals surface area (Å²) >= 11 is 0. The summed E-state index contributed by atoms with van der Waals surface area (Å²) in [5, 5.41) is 1.76. The van der Waals surface area contributed by atoms with Crippen molar-refractivity contribution in [1.29, 1.82) is 0 Å². The van der Waals surface area contributed by atoms with E-state index in [4.69, 9.17) is 7.16 Å². The number of nitrogens with zero attached hydrogens (tertiary/aromatic N) is 1. The van der Waals surface area contributed by atoms with Gasteiger partial charge in [-0.15, -0.1) is 0 Å². The molecule has 0 bridgehead atoms. The summed E-state index contributed by atoms with van der Waals surface area (Å²) in [4.78, 5) is 4.56. The summed E-state index contributed by atoms with van der Waals surface area (Å²) < 4.78 is 36.9. The number of hydrogen-bond donors (Lipinski definition) is 0. The molecule has 3 heteroatoms. The van der Waals surface area contributed by atoms with Gasteiger partial charge < -0.3 is 4.42 Å². The highest BCUT2D eigenvalue weighted by molar-refractivity contribution is 6.06. The second-order valence-electron chi connectivity index (χ2n) is 7.95. The molecule has 0 radical (unpaired) electrons. The van der Waals surface area contributed by atoms with Crippen molar-refractivity contribution >= 4 is 21.9 Å². The fourth-order valence-electron chi connectivity index (χ4n) is 4.11. The van der Waals surface area contributed by atoms with Gasteiger partial charge in [-0.25, -0.2) is 4.39 Å². The highest BCUT2D eigenvalue weighted by Crippen LogP contribution is 2.34. The molecule has 33 heavy (non-hydrogen) atoms. The largest absolute Gasteiger partial charge is 0.456 e. The normalized spacial score (nSPS) is 12.6. The first-order valence-electron chi connectivity index (χ1n) is 11.7. The molecular formula is C30H20FNO. The molecule has 2 heterocycles. The molecule has 0 spiro atoms. The third kappa shape index (κ3) is 3.79. The van der Waals surface area contributed by atoms with E-state index in [9.17, 15) is 4.39 Å². The molecule has 0 aliphatic rings. The molecule has 0 aliphatic heterocycles. The Morgan fingerprint density at radius 1 is 0.667 bits per heavy atom. The van der Waals surface area contributed by atoms with Crippen molar-refractivity contribution in [3.8, 4) is 22.4 Å². The molecule has 6 aromatic rings. The average Bonchev–Trinajstić information content (AvgIpc) is 3.27. The second kappa shape index (κ2) is 8.03. The monoisotopic (exact) mass is 431 g/mol. The summed E-state index contributed by atoms with van der Waals surface area (Å²) in [5.74, 6) is -0.267. The lowest BCUT2D eigenvalue weighted by Gasteiger charge is -2.06. The van der Waals surface area contributed by atoms with E-state index in [1.165, 1.54) is 12.1 Å². The van der Waals surface area contributed by atoms with Crippen LogP contribution in [0.3, 0.4) is 0 Å². The average molecular weight is 432 g/mol. The van der Waals surface area contributed by atoms with Gasteiger partial charge in [0.2, 0.25) is 0 Å². The Hall–Kier alpha value is -4.24. The van der Waals surface area contributed by atoms with E-state index in [1.807, 2.05) is 60.7 Å². The zero-order chi connectivity index (χ0) is 24.0. The minimum absolute atomic E-state index is 0.267. The predicted octanol–water partition coefficient (Wildman–Crippen LogP) is 8.04. The topological polar surface area (TPSA) is 26.0 Å². The number of aromatic nitrogens is 1. The van der Waals surface area contributed by atoms with E-state index in [0.717, 1.165) is 38.7 Å². The van der Waals surface area contributed by atoms with E-state index in [0.29, 0.717) is 16.7 Å². The maximum atomic E-state index is 13.3. The first-order valence-corrected chi connectivity index (χ1v) is 10.7. The molecule has 0 amide bonds. The van der Waals surface area contributed by atoms with Crippen molar-refractivity contribution in [3.05, 3.63) is 126 Å². The number of benzene rings is 4. The predicted molar refractivity (Wildman–Crippen MR) is 132 cm³/mol. The summed E-state index contributed by atoms with van der Waals surface area (Å²) in [6.45, 7) is 0. The zero-order valence-corrected chi connectivity index (χ0v) is 17.6. The molecule has 6 rings (SSSR count). The molecule has 4 aromatic carbocycles. The zero-order valence-electron chi connectivity index (χ0n) is 19.6. The van der Waals surface area contributed by atoms with Gasteiger partial charge in [-0.3, -0.25) is 4.98 Å². The summed E-state index contributed by atoms with van der Waals surface area (Å²) in [6, 6.07) is 30.9. The molecule has 0 N–H and O–H groups in total. The highest BCUT2D eigenvalue weighted by atomic mass is 19.1. The number of furan rings is 1. The van der Waals surface area contributed by atoms with E-state index in [1.54, 1.807) is 36.5 Å². The number of fused-ring (bicyclic) bond motifs is 3. The molecule has 0 atom stereocenters. The van der Waals surface area contributed by atoms with Crippen molar-refractivity contribution in [2.24, 2.45) is 0 Å². The molecule has 0 saturated carbocycles. The molecule has 0 unspecified atom stereocenters. The highest BCUT2D eigenvalue weighted by Gasteiger charge is 2.11. The van der Waals surface area contributed by atoms with Crippen LogP contribution in [0.5, 0.6) is 0 Å². The Morgan fingerprint density at radius 2 is 1.39 bits per heavy atom. The van der Waals surface area contributed by atoms with Crippen LogP contribution in [0.1, 0.15) is 13.9 Å². The maximum Gasteiger partial charge on any atom is 0.135 e. The minimum atomic E-state index is -1.64. The van der Waals surface area contributed by atoms with E-state index in [2.05, 4.69) is 4.98 Å². The molecule has 0 fully saturated rings. The standard InChI is InChI=1S/C30H20FNO/c31-25-10-7-22(8-11-25)23-14-15-32-28(19-23)24-9-13-30-27(18-24)26-17-21(6-12-29(26)33-30)16-20-4-2-1-3-5-20/h1-15,17-19H,16H2/i16D2. The van der Waals surface area contributed by atoms with Crippen molar-refractivity contribution < 1.29 is 11.5 Å². The molecule has 0 saturated heterocycles. The lowest BCUT2D eigenvalue weighted by atomic mass is 10.0. The number of hydrogen-bond acceptors (Lipinski definition) is 2. The van der Waals surface area contributed by atoms with Crippen LogP contribution in [0.4, 0.5) is 4.39 Å². The van der Waals surface area contributed by atoms with Crippen LogP contribution in [0.2, 0.25) is 0 Å². The van der Waals surface area contributed by atoms with Gasteiger partial charge in [-0.05, 0) is 83.2 Å². The van der Waals surface area contributed by atoms with E-state index < -0.39 is 6.37 Å². The van der Waals surface area contributed by atoms with Gasteiger partial charge in [0.25, 0.3) is 0 Å². The number of halogens is 1. The van der Waals surface area contributed by atoms with Crippen molar-refractivity contribution in [3.63, 3.8) is 0 Å². The first-order chi connectivity index (χ1) is 17.0. The first kappa shape index (κ1) is 17.3. The SMILES string of the molecule is [2H]C([2H])(c1ccccc1)c1ccc2oc3ccc(-c4cc(-c5ccc(F)cc5)ccn4)cc3c2c1. The van der Waals surface area contributed by atoms with Crippen molar-refractivity contribution in [2.45, 2.75) is 6.37 Å². The number of pyridine rings is 1. The van der Waals surface area contributed by atoms with Gasteiger partial charge in [-0.1, -0.05) is 48.5 Å². The number of rotatable bonds is 4. The van der Waals surface area contributed by atoms with Crippen LogP contribution in [0.15, 0.2) is 114 Å². The van der Waals surface area contributed by atoms with Gasteiger partial charge >= 0.3 is 0 Å².